The lowest BCUT2D eigenvalue weighted by Crippen LogP contribution is -2.43. The quantitative estimate of drug-likeness (QED) is 0.657. The summed E-state index contributed by atoms with van der Waals surface area (Å²) in [6.07, 6.45) is 1.17. The fraction of sp³-hybridized carbons (Fsp3) is 0.900. The normalized spacial score (nSPS) is 36.1. The smallest absolute Gasteiger partial charge is 0.310 e. The van der Waals surface area contributed by atoms with Gasteiger partial charge in [0.2, 0.25) is 0 Å². The second-order valence-corrected chi connectivity index (χ2v) is 4.56. The molecule has 13 heavy (non-hydrogen) atoms. The summed E-state index contributed by atoms with van der Waals surface area (Å²) in [6, 6.07) is 0.421. The van der Waals surface area contributed by atoms with Crippen LogP contribution in [0.1, 0.15) is 20.3 Å². The van der Waals surface area contributed by atoms with Crippen LogP contribution in [0.5, 0.6) is 0 Å². The van der Waals surface area contributed by atoms with E-state index in [2.05, 4.69) is 19.2 Å². The van der Waals surface area contributed by atoms with Gasteiger partial charge >= 0.3 is 5.97 Å². The number of carbonyl (C=O) groups is 1. The first-order valence-corrected chi connectivity index (χ1v) is 5.08. The molecule has 2 heterocycles. The van der Waals surface area contributed by atoms with Crippen molar-refractivity contribution < 1.29 is 9.53 Å². The topological polar surface area (TPSA) is 38.3 Å². The number of rotatable bonds is 3. The number of nitrogens with one attached hydrogen (secondary N) is 1. The van der Waals surface area contributed by atoms with Gasteiger partial charge in [0.15, 0.2) is 0 Å². The monoisotopic (exact) mass is 183 g/mol. The molecule has 3 atom stereocenters. The molecular weight excluding hydrogens is 166 g/mol. The third kappa shape index (κ3) is 1.57. The minimum atomic E-state index is 0.0138. The minimum absolute atomic E-state index is 0.0138. The number of hydrogen-bond acceptors (Lipinski definition) is 3. The molecule has 3 heteroatoms. The second kappa shape index (κ2) is 3.29. The highest BCUT2D eigenvalue weighted by atomic mass is 16.5. The summed E-state index contributed by atoms with van der Waals surface area (Å²) in [4.78, 5) is 11.5. The molecule has 3 fully saturated rings. The Morgan fingerprint density at radius 1 is 1.62 bits per heavy atom. The molecule has 74 valence electrons. The molecule has 0 spiro atoms. The summed E-state index contributed by atoms with van der Waals surface area (Å²) in [7, 11) is 0. The van der Waals surface area contributed by atoms with Gasteiger partial charge in [-0.05, 0) is 24.8 Å². The van der Waals surface area contributed by atoms with Crippen molar-refractivity contribution in [1.82, 2.24) is 5.32 Å². The molecule has 0 aromatic heterocycles. The lowest BCUT2D eigenvalue weighted by Gasteiger charge is -2.32. The van der Waals surface area contributed by atoms with Crippen LogP contribution >= 0.6 is 0 Å². The zero-order valence-corrected chi connectivity index (χ0v) is 8.25. The largest absolute Gasteiger partial charge is 0.465 e. The Morgan fingerprint density at radius 3 is 2.85 bits per heavy atom. The van der Waals surface area contributed by atoms with Crippen LogP contribution in [-0.4, -0.2) is 25.2 Å². The molecule has 3 unspecified atom stereocenters. The van der Waals surface area contributed by atoms with Gasteiger partial charge in [-0.1, -0.05) is 13.8 Å². The van der Waals surface area contributed by atoms with Gasteiger partial charge in [-0.3, -0.25) is 4.79 Å². The number of ether oxygens (including phenoxy) is 1. The van der Waals surface area contributed by atoms with Crippen molar-refractivity contribution in [2.75, 3.05) is 13.2 Å². The SMILES string of the molecule is CC(C)COC(=O)C1C2CNC1C2. The van der Waals surface area contributed by atoms with Gasteiger partial charge in [0.1, 0.15) is 0 Å². The van der Waals surface area contributed by atoms with Gasteiger partial charge in [-0.15, -0.1) is 0 Å². The highest BCUT2D eigenvalue weighted by molar-refractivity contribution is 5.75. The van der Waals surface area contributed by atoms with Crippen LogP contribution in [0.15, 0.2) is 0 Å². The zero-order chi connectivity index (χ0) is 9.42. The van der Waals surface area contributed by atoms with E-state index in [1.807, 2.05) is 0 Å². The number of esters is 1. The molecule has 3 nitrogen and oxygen atoms in total. The average Bonchev–Trinajstić information content (AvgIpc) is 2.60. The summed E-state index contributed by atoms with van der Waals surface area (Å²) in [5, 5.41) is 3.31. The Kier molecular flexibility index (Phi) is 2.28. The van der Waals surface area contributed by atoms with Crippen LogP contribution in [0, 0.1) is 17.8 Å². The first kappa shape index (κ1) is 9.00. The number of carbonyl (C=O) groups excluding carboxylic acids is 1. The van der Waals surface area contributed by atoms with E-state index in [-0.39, 0.29) is 11.9 Å². The van der Waals surface area contributed by atoms with Crippen molar-refractivity contribution in [3.63, 3.8) is 0 Å². The molecule has 1 aliphatic carbocycles. The summed E-state index contributed by atoms with van der Waals surface area (Å²) >= 11 is 0. The van der Waals surface area contributed by atoms with Gasteiger partial charge in [-0.25, -0.2) is 0 Å². The minimum Gasteiger partial charge on any atom is -0.465 e. The maximum Gasteiger partial charge on any atom is 0.310 e. The van der Waals surface area contributed by atoms with E-state index in [1.54, 1.807) is 0 Å². The highest BCUT2D eigenvalue weighted by Crippen LogP contribution is 2.40. The van der Waals surface area contributed by atoms with Crippen LogP contribution in [-0.2, 0) is 9.53 Å². The summed E-state index contributed by atoms with van der Waals surface area (Å²) in [6.45, 7) is 5.68. The molecule has 0 radical (unpaired) electrons. The number of fused-ring (bicyclic) bond motifs is 1. The molecule has 2 bridgehead atoms. The van der Waals surface area contributed by atoms with Crippen molar-refractivity contribution in [3.05, 3.63) is 0 Å². The Hall–Kier alpha value is -0.570. The van der Waals surface area contributed by atoms with Gasteiger partial charge in [0.05, 0.1) is 12.5 Å². The molecule has 0 aromatic carbocycles. The third-order valence-electron chi connectivity index (χ3n) is 2.97. The Labute approximate surface area is 78.8 Å². The molecular formula is C10H17NO2. The Morgan fingerprint density at radius 2 is 2.38 bits per heavy atom. The fourth-order valence-electron chi connectivity index (χ4n) is 2.18. The molecule has 1 N–H and O–H groups in total. The van der Waals surface area contributed by atoms with Gasteiger partial charge < -0.3 is 10.1 Å². The van der Waals surface area contributed by atoms with Crippen LogP contribution < -0.4 is 5.32 Å². The molecule has 3 aliphatic rings. The highest BCUT2D eigenvalue weighted by Gasteiger charge is 2.51. The third-order valence-corrected chi connectivity index (χ3v) is 2.97. The van der Waals surface area contributed by atoms with Crippen LogP contribution in [0.2, 0.25) is 0 Å². The lowest BCUT2D eigenvalue weighted by atomic mass is 9.74. The van der Waals surface area contributed by atoms with E-state index < -0.39 is 0 Å². The zero-order valence-electron chi connectivity index (χ0n) is 8.25. The van der Waals surface area contributed by atoms with Gasteiger partial charge in [-0.2, -0.15) is 0 Å². The molecule has 3 rings (SSSR count). The van der Waals surface area contributed by atoms with Gasteiger partial charge in [0.25, 0.3) is 0 Å². The van der Waals surface area contributed by atoms with E-state index in [4.69, 9.17) is 4.74 Å². The fourth-order valence-corrected chi connectivity index (χ4v) is 2.18. The van der Waals surface area contributed by atoms with Crippen LogP contribution in [0.4, 0.5) is 0 Å². The standard InChI is InChI=1S/C10H17NO2/c1-6(2)5-13-10(12)9-7-3-8(9)11-4-7/h6-9,11H,3-5H2,1-2H3. The predicted molar refractivity (Wildman–Crippen MR) is 49.2 cm³/mol. The maximum atomic E-state index is 11.5. The molecule has 2 saturated heterocycles. The maximum absolute atomic E-state index is 11.5. The number of hydrogen-bond donors (Lipinski definition) is 1. The van der Waals surface area contributed by atoms with Crippen molar-refractivity contribution in [1.29, 1.82) is 0 Å². The molecule has 1 saturated carbocycles. The lowest BCUT2D eigenvalue weighted by molar-refractivity contribution is -0.154. The first-order chi connectivity index (χ1) is 6.18. The van der Waals surface area contributed by atoms with Gasteiger partial charge in [0, 0.05) is 6.04 Å². The van der Waals surface area contributed by atoms with E-state index in [9.17, 15) is 4.79 Å². The van der Waals surface area contributed by atoms with E-state index >= 15 is 0 Å². The average molecular weight is 183 g/mol. The van der Waals surface area contributed by atoms with E-state index in [1.165, 1.54) is 6.42 Å². The van der Waals surface area contributed by atoms with Crippen molar-refractivity contribution in [3.8, 4) is 0 Å². The van der Waals surface area contributed by atoms with E-state index in [0.717, 1.165) is 6.54 Å². The Balaban J connectivity index is 1.78. The first-order valence-electron chi connectivity index (χ1n) is 5.08. The van der Waals surface area contributed by atoms with Crippen molar-refractivity contribution >= 4 is 5.97 Å². The Bertz CT molecular complexity index is 201. The summed E-state index contributed by atoms with van der Waals surface area (Å²) < 4.78 is 5.21. The summed E-state index contributed by atoms with van der Waals surface area (Å²) in [5.41, 5.74) is 0. The van der Waals surface area contributed by atoms with Crippen molar-refractivity contribution in [2.45, 2.75) is 26.3 Å². The predicted octanol–water partition coefficient (Wildman–Crippen LogP) is 0.793. The van der Waals surface area contributed by atoms with E-state index in [0.29, 0.717) is 24.5 Å². The molecule has 2 aliphatic heterocycles. The molecule has 0 aromatic rings. The molecule has 0 amide bonds. The second-order valence-electron chi connectivity index (χ2n) is 4.56. The van der Waals surface area contributed by atoms with Crippen LogP contribution in [0.3, 0.4) is 0 Å². The summed E-state index contributed by atoms with van der Waals surface area (Å²) in [5.74, 6) is 1.18. The van der Waals surface area contributed by atoms with Crippen LogP contribution in [0.25, 0.3) is 0 Å². The van der Waals surface area contributed by atoms with Crippen molar-refractivity contribution in [2.24, 2.45) is 17.8 Å².